The van der Waals surface area contributed by atoms with E-state index in [4.69, 9.17) is 0 Å². The van der Waals surface area contributed by atoms with E-state index in [1.54, 1.807) is 0 Å². The lowest BCUT2D eigenvalue weighted by atomic mass is 9.98. The second-order valence-electron chi connectivity index (χ2n) is 9.33. The minimum absolute atomic E-state index is 0. The van der Waals surface area contributed by atoms with Crippen LogP contribution < -0.4 is 5.32 Å². The maximum atomic E-state index is 12.6. The number of hydrogen-bond donors (Lipinski definition) is 1. The molecule has 4 rings (SSSR count). The van der Waals surface area contributed by atoms with Crippen LogP contribution in [0.4, 0.5) is 0 Å². The molecule has 2 saturated carbocycles. The van der Waals surface area contributed by atoms with Crippen LogP contribution >= 0.6 is 24.0 Å². The Labute approximate surface area is 193 Å². The van der Waals surface area contributed by atoms with E-state index < -0.39 is 0 Å². The Hall–Kier alpha value is -0.570. The maximum absolute atomic E-state index is 12.6. The van der Waals surface area contributed by atoms with Gasteiger partial charge in [-0.3, -0.25) is 14.7 Å². The number of likely N-dealkylation sites (tertiary alicyclic amines) is 1. The molecule has 0 aromatic rings. The fraction of sp³-hybridized carbons (Fsp3) is 0.909. The molecule has 0 atom stereocenters. The van der Waals surface area contributed by atoms with Crippen LogP contribution in [0.25, 0.3) is 0 Å². The van der Waals surface area contributed by atoms with Gasteiger partial charge in [-0.05, 0) is 56.3 Å². The van der Waals surface area contributed by atoms with E-state index in [0.717, 1.165) is 69.5 Å². The van der Waals surface area contributed by atoms with E-state index >= 15 is 0 Å². The zero-order valence-electron chi connectivity index (χ0n) is 18.2. The van der Waals surface area contributed by atoms with Gasteiger partial charge in [0, 0.05) is 52.9 Å². The van der Waals surface area contributed by atoms with Gasteiger partial charge in [0.15, 0.2) is 5.96 Å². The Kier molecular flexibility index (Phi) is 8.89. The van der Waals surface area contributed by atoms with Crippen molar-refractivity contribution in [2.75, 3.05) is 59.4 Å². The van der Waals surface area contributed by atoms with Crippen molar-refractivity contribution in [2.45, 2.75) is 51.4 Å². The molecule has 0 bridgehead atoms. The molecule has 0 aromatic carbocycles. The quantitative estimate of drug-likeness (QED) is 0.335. The molecule has 0 spiro atoms. The lowest BCUT2D eigenvalue weighted by Crippen LogP contribution is -2.54. The number of aliphatic imine (C=N–C) groups is 1. The Bertz CT molecular complexity index is 535. The number of amides is 1. The highest BCUT2D eigenvalue weighted by atomic mass is 127. The predicted octanol–water partition coefficient (Wildman–Crippen LogP) is 2.64. The third-order valence-corrected chi connectivity index (χ3v) is 7.15. The van der Waals surface area contributed by atoms with Crippen LogP contribution in [0.1, 0.15) is 51.4 Å². The molecule has 2 heterocycles. The van der Waals surface area contributed by atoms with Crippen molar-refractivity contribution in [3.05, 3.63) is 0 Å². The number of nitrogens with one attached hydrogen (secondary N) is 1. The molecule has 1 N–H and O–H groups in total. The monoisotopic (exact) mass is 517 g/mol. The molecule has 2 saturated heterocycles. The average Bonchev–Trinajstić information content (AvgIpc) is 3.60. The summed E-state index contributed by atoms with van der Waals surface area (Å²) in [5.74, 6) is 4.20. The Morgan fingerprint density at radius 2 is 1.48 bits per heavy atom. The molecular weight excluding hydrogens is 477 g/mol. The van der Waals surface area contributed by atoms with Crippen molar-refractivity contribution >= 4 is 35.8 Å². The van der Waals surface area contributed by atoms with E-state index in [1.807, 2.05) is 7.05 Å². The minimum Gasteiger partial charge on any atom is -0.356 e. The number of carbonyl (C=O) groups excluding carboxylic acids is 1. The smallest absolute Gasteiger partial charge is 0.236 e. The Balaban J connectivity index is 0.00000240. The topological polar surface area (TPSA) is 51.2 Å². The van der Waals surface area contributed by atoms with E-state index in [-0.39, 0.29) is 24.0 Å². The first-order valence-electron chi connectivity index (χ1n) is 11.7. The molecular formula is C22H40IN5O. The summed E-state index contributed by atoms with van der Waals surface area (Å²) in [5, 5.41) is 3.68. The SMILES string of the molecule is CN=C(NCC(C1CC1)C1CC1)N1CCN(CC(=O)N2CCCCCC2)CC1.I. The number of hydrogen-bond acceptors (Lipinski definition) is 3. The minimum atomic E-state index is 0. The highest BCUT2D eigenvalue weighted by molar-refractivity contribution is 14.0. The molecule has 2 aliphatic carbocycles. The van der Waals surface area contributed by atoms with Crippen LogP contribution in [0.3, 0.4) is 0 Å². The van der Waals surface area contributed by atoms with Crippen LogP contribution in [0, 0.1) is 17.8 Å². The maximum Gasteiger partial charge on any atom is 0.236 e. The highest BCUT2D eigenvalue weighted by Gasteiger charge is 2.41. The lowest BCUT2D eigenvalue weighted by molar-refractivity contribution is -0.132. The summed E-state index contributed by atoms with van der Waals surface area (Å²) in [4.78, 5) is 24.0. The average molecular weight is 518 g/mol. The zero-order valence-corrected chi connectivity index (χ0v) is 20.5. The normalized spacial score (nSPS) is 24.3. The summed E-state index contributed by atoms with van der Waals surface area (Å²) in [6.07, 6.45) is 10.6. The van der Waals surface area contributed by atoms with Gasteiger partial charge in [-0.15, -0.1) is 24.0 Å². The molecule has 4 fully saturated rings. The fourth-order valence-corrected chi connectivity index (χ4v) is 5.04. The largest absolute Gasteiger partial charge is 0.356 e. The van der Waals surface area contributed by atoms with Crippen molar-refractivity contribution in [1.82, 2.24) is 20.0 Å². The standard InChI is InChI=1S/C22H39N5O.HI/c1-23-22(24-16-20(18-6-7-18)19-8-9-19)27-14-12-25(13-15-27)17-21(28)26-10-4-2-3-5-11-26;/h18-20H,2-17H2,1H3,(H,23,24);1H. The Morgan fingerprint density at radius 1 is 0.897 bits per heavy atom. The van der Waals surface area contributed by atoms with E-state index in [1.165, 1.54) is 51.4 Å². The Morgan fingerprint density at radius 3 is 2.00 bits per heavy atom. The van der Waals surface area contributed by atoms with Crippen LogP contribution in [0.5, 0.6) is 0 Å². The van der Waals surface area contributed by atoms with Crippen LogP contribution in [-0.4, -0.2) is 86.0 Å². The predicted molar refractivity (Wildman–Crippen MR) is 129 cm³/mol. The van der Waals surface area contributed by atoms with Gasteiger partial charge in [0.2, 0.25) is 5.91 Å². The summed E-state index contributed by atoms with van der Waals surface area (Å²) in [5.41, 5.74) is 0. The first-order valence-corrected chi connectivity index (χ1v) is 11.7. The molecule has 29 heavy (non-hydrogen) atoms. The van der Waals surface area contributed by atoms with Gasteiger partial charge in [0.1, 0.15) is 0 Å². The third-order valence-electron chi connectivity index (χ3n) is 7.15. The van der Waals surface area contributed by atoms with Gasteiger partial charge < -0.3 is 15.1 Å². The van der Waals surface area contributed by atoms with Gasteiger partial charge in [-0.25, -0.2) is 0 Å². The summed E-state index contributed by atoms with van der Waals surface area (Å²) < 4.78 is 0. The number of nitrogens with zero attached hydrogens (tertiary/aromatic N) is 4. The number of guanidine groups is 1. The number of carbonyl (C=O) groups is 1. The molecule has 4 aliphatic rings. The molecule has 2 aliphatic heterocycles. The first kappa shape index (κ1) is 23.1. The first-order chi connectivity index (χ1) is 13.7. The molecule has 7 heteroatoms. The van der Waals surface area contributed by atoms with Crippen molar-refractivity contribution in [2.24, 2.45) is 22.7 Å². The van der Waals surface area contributed by atoms with E-state index in [0.29, 0.717) is 12.5 Å². The second-order valence-corrected chi connectivity index (χ2v) is 9.33. The van der Waals surface area contributed by atoms with Gasteiger partial charge >= 0.3 is 0 Å². The highest BCUT2D eigenvalue weighted by Crippen LogP contribution is 2.48. The summed E-state index contributed by atoms with van der Waals surface area (Å²) >= 11 is 0. The van der Waals surface area contributed by atoms with Crippen LogP contribution in [0.2, 0.25) is 0 Å². The molecule has 6 nitrogen and oxygen atoms in total. The van der Waals surface area contributed by atoms with Gasteiger partial charge in [0.05, 0.1) is 6.54 Å². The lowest BCUT2D eigenvalue weighted by Gasteiger charge is -2.37. The van der Waals surface area contributed by atoms with Crippen molar-refractivity contribution in [3.8, 4) is 0 Å². The van der Waals surface area contributed by atoms with Gasteiger partial charge in [0.25, 0.3) is 0 Å². The van der Waals surface area contributed by atoms with Crippen molar-refractivity contribution in [3.63, 3.8) is 0 Å². The van der Waals surface area contributed by atoms with E-state index in [2.05, 4.69) is 25.0 Å². The number of halogens is 1. The second kappa shape index (κ2) is 11.2. The van der Waals surface area contributed by atoms with E-state index in [9.17, 15) is 4.79 Å². The summed E-state index contributed by atoms with van der Waals surface area (Å²) in [6, 6.07) is 0. The molecule has 0 aromatic heterocycles. The zero-order chi connectivity index (χ0) is 19.3. The third kappa shape index (κ3) is 6.71. The van der Waals surface area contributed by atoms with Crippen molar-refractivity contribution < 1.29 is 4.79 Å². The molecule has 0 radical (unpaired) electrons. The molecule has 1 amide bonds. The number of piperazine rings is 1. The van der Waals surface area contributed by atoms with Gasteiger partial charge in [-0.1, -0.05) is 12.8 Å². The van der Waals surface area contributed by atoms with Crippen LogP contribution in [0.15, 0.2) is 4.99 Å². The van der Waals surface area contributed by atoms with Gasteiger partial charge in [-0.2, -0.15) is 0 Å². The summed E-state index contributed by atoms with van der Waals surface area (Å²) in [6.45, 7) is 7.43. The molecule has 166 valence electrons. The molecule has 0 unspecified atom stereocenters. The fourth-order valence-electron chi connectivity index (χ4n) is 5.04. The van der Waals surface area contributed by atoms with Crippen LogP contribution in [-0.2, 0) is 4.79 Å². The van der Waals surface area contributed by atoms with Crippen molar-refractivity contribution in [1.29, 1.82) is 0 Å². The number of rotatable bonds is 6. The summed E-state index contributed by atoms with van der Waals surface area (Å²) in [7, 11) is 1.90.